The van der Waals surface area contributed by atoms with Gasteiger partial charge in [-0.2, -0.15) is 0 Å². The molecule has 0 aliphatic rings. The van der Waals surface area contributed by atoms with Crippen LogP contribution in [0.2, 0.25) is 0 Å². The number of nitrogens with zero attached hydrogens (tertiary/aromatic N) is 3. The highest BCUT2D eigenvalue weighted by atomic mass is 32.2. The van der Waals surface area contributed by atoms with Crippen LogP contribution in [0.4, 0.5) is 10.1 Å². The van der Waals surface area contributed by atoms with E-state index in [0.29, 0.717) is 10.7 Å². The van der Waals surface area contributed by atoms with Crippen LogP contribution < -0.4 is 4.72 Å². The maximum atomic E-state index is 13.1. The van der Waals surface area contributed by atoms with E-state index in [4.69, 9.17) is 0 Å². The maximum absolute atomic E-state index is 13.1. The van der Waals surface area contributed by atoms with E-state index in [1.54, 1.807) is 18.3 Å². The van der Waals surface area contributed by atoms with Crippen LogP contribution in [0.1, 0.15) is 10.6 Å². The second kappa shape index (κ2) is 7.59. The molecule has 2 aromatic heterocycles. The van der Waals surface area contributed by atoms with Crippen molar-refractivity contribution in [1.29, 1.82) is 0 Å². The number of rotatable bonds is 6. The minimum absolute atomic E-state index is 0.0277. The van der Waals surface area contributed by atoms with Crippen LogP contribution in [0.3, 0.4) is 0 Å². The van der Waals surface area contributed by atoms with Gasteiger partial charge in [0.1, 0.15) is 5.82 Å². The lowest BCUT2D eigenvalue weighted by molar-refractivity contribution is -0.387. The number of hydrogen-bond donors (Lipinski definition) is 1. The van der Waals surface area contributed by atoms with E-state index in [9.17, 15) is 22.9 Å². The molecule has 4 aromatic rings. The van der Waals surface area contributed by atoms with Gasteiger partial charge in [0.15, 0.2) is 9.86 Å². The Hall–Kier alpha value is -3.15. The van der Waals surface area contributed by atoms with E-state index in [-0.39, 0.29) is 17.3 Å². The highest BCUT2D eigenvalue weighted by Crippen LogP contribution is 2.28. The van der Waals surface area contributed by atoms with Gasteiger partial charge in [-0.15, -0.1) is 0 Å². The number of halogens is 1. The van der Waals surface area contributed by atoms with Crippen molar-refractivity contribution in [3.63, 3.8) is 0 Å². The van der Waals surface area contributed by atoms with Gasteiger partial charge in [-0.05, 0) is 37.3 Å². The van der Waals surface area contributed by atoms with Crippen molar-refractivity contribution in [3.8, 4) is 11.3 Å². The average molecular weight is 446 g/mol. The molecule has 0 unspecified atom stereocenters. The second-order valence-electron chi connectivity index (χ2n) is 6.45. The van der Waals surface area contributed by atoms with Gasteiger partial charge in [0.05, 0.1) is 10.6 Å². The molecule has 0 spiro atoms. The predicted molar refractivity (Wildman–Crippen MR) is 110 cm³/mol. The van der Waals surface area contributed by atoms with Gasteiger partial charge in [-0.25, -0.2) is 22.5 Å². The Balaban J connectivity index is 1.59. The lowest BCUT2D eigenvalue weighted by atomic mass is 10.2. The SMILES string of the molecule is Cc1c(CNS(=O)(=O)c2ccccc2[N+](=O)[O-])sc2nc(-c3ccc(F)cc3)cn12. The van der Waals surface area contributed by atoms with Crippen molar-refractivity contribution < 1.29 is 17.7 Å². The third-order valence-electron chi connectivity index (χ3n) is 4.57. The third-order valence-corrected chi connectivity index (χ3v) is 7.17. The summed E-state index contributed by atoms with van der Waals surface area (Å²) in [5.41, 5.74) is 1.76. The summed E-state index contributed by atoms with van der Waals surface area (Å²) in [4.78, 5) is 15.9. The van der Waals surface area contributed by atoms with Gasteiger partial charge in [0.2, 0.25) is 10.0 Å². The summed E-state index contributed by atoms with van der Waals surface area (Å²) in [6, 6.07) is 11.2. The first kappa shape index (κ1) is 20.1. The van der Waals surface area contributed by atoms with Gasteiger partial charge < -0.3 is 0 Å². The number of sulfonamides is 1. The van der Waals surface area contributed by atoms with Gasteiger partial charge in [0.25, 0.3) is 5.69 Å². The van der Waals surface area contributed by atoms with Crippen molar-refractivity contribution in [2.24, 2.45) is 0 Å². The summed E-state index contributed by atoms with van der Waals surface area (Å²) < 4.78 is 42.6. The van der Waals surface area contributed by atoms with Crippen LogP contribution in [0.5, 0.6) is 0 Å². The Morgan fingerprint density at radius 2 is 1.90 bits per heavy atom. The standard InChI is InChI=1S/C19H15FN4O4S2/c1-12-17(10-21-30(27,28)18-5-3-2-4-16(18)24(25)26)29-19-22-15(11-23(12)19)13-6-8-14(20)9-7-13/h2-9,11,21H,10H2,1H3. The van der Waals surface area contributed by atoms with E-state index in [1.807, 2.05) is 11.3 Å². The summed E-state index contributed by atoms with van der Waals surface area (Å²) in [5, 5.41) is 11.1. The minimum Gasteiger partial charge on any atom is -0.294 e. The monoisotopic (exact) mass is 446 g/mol. The maximum Gasteiger partial charge on any atom is 0.289 e. The van der Waals surface area contributed by atoms with Crippen molar-refractivity contribution >= 4 is 32.0 Å². The molecule has 2 heterocycles. The number of thiazole rings is 1. The van der Waals surface area contributed by atoms with Gasteiger partial charge in [-0.3, -0.25) is 14.5 Å². The molecule has 0 saturated heterocycles. The molecule has 0 aliphatic heterocycles. The predicted octanol–water partition coefficient (Wildman–Crippen LogP) is 3.90. The zero-order chi connectivity index (χ0) is 21.5. The number of nitro benzene ring substituents is 1. The molecule has 0 radical (unpaired) electrons. The molecule has 11 heteroatoms. The number of aromatic nitrogens is 2. The summed E-state index contributed by atoms with van der Waals surface area (Å²) in [5.74, 6) is -0.329. The Morgan fingerprint density at radius 1 is 1.20 bits per heavy atom. The molecule has 4 rings (SSSR count). The number of nitro groups is 1. The summed E-state index contributed by atoms with van der Waals surface area (Å²) in [6.07, 6.45) is 1.80. The molecule has 0 amide bonds. The van der Waals surface area contributed by atoms with Gasteiger partial charge in [0, 0.05) is 34.9 Å². The third kappa shape index (κ3) is 3.70. The van der Waals surface area contributed by atoms with Crippen molar-refractivity contribution in [3.05, 3.63) is 81.2 Å². The lowest BCUT2D eigenvalue weighted by Crippen LogP contribution is -2.24. The van der Waals surface area contributed by atoms with Crippen molar-refractivity contribution in [2.75, 3.05) is 0 Å². The molecular weight excluding hydrogens is 431 g/mol. The van der Waals surface area contributed by atoms with E-state index < -0.39 is 20.6 Å². The Morgan fingerprint density at radius 3 is 2.57 bits per heavy atom. The fraction of sp³-hybridized carbons (Fsp3) is 0.105. The first-order valence-electron chi connectivity index (χ1n) is 8.72. The highest BCUT2D eigenvalue weighted by Gasteiger charge is 2.25. The lowest BCUT2D eigenvalue weighted by Gasteiger charge is -2.07. The van der Waals surface area contributed by atoms with E-state index in [0.717, 1.165) is 22.2 Å². The minimum atomic E-state index is -4.08. The largest absolute Gasteiger partial charge is 0.294 e. The van der Waals surface area contributed by atoms with Crippen LogP contribution in [0.25, 0.3) is 16.2 Å². The molecule has 2 aromatic carbocycles. The Kier molecular flexibility index (Phi) is 5.10. The molecule has 30 heavy (non-hydrogen) atoms. The fourth-order valence-corrected chi connectivity index (χ4v) is 5.29. The first-order chi connectivity index (χ1) is 14.3. The smallest absolute Gasteiger partial charge is 0.289 e. The first-order valence-corrected chi connectivity index (χ1v) is 11.0. The fourth-order valence-electron chi connectivity index (χ4n) is 2.99. The molecule has 8 nitrogen and oxygen atoms in total. The number of benzene rings is 2. The molecule has 1 N–H and O–H groups in total. The van der Waals surface area contributed by atoms with E-state index in [1.165, 1.54) is 41.7 Å². The quantitative estimate of drug-likeness (QED) is 0.357. The van der Waals surface area contributed by atoms with Crippen LogP contribution in [-0.2, 0) is 16.6 Å². The highest BCUT2D eigenvalue weighted by molar-refractivity contribution is 7.89. The normalized spacial score (nSPS) is 11.8. The Labute approximate surface area is 174 Å². The van der Waals surface area contributed by atoms with E-state index in [2.05, 4.69) is 9.71 Å². The van der Waals surface area contributed by atoms with Crippen LogP contribution >= 0.6 is 11.3 Å². The number of hydrogen-bond acceptors (Lipinski definition) is 6. The molecular formula is C19H15FN4O4S2. The number of fused-ring (bicyclic) bond motifs is 1. The summed E-state index contributed by atoms with van der Waals surface area (Å²) in [6.45, 7) is 1.80. The molecule has 0 atom stereocenters. The number of imidazole rings is 1. The zero-order valence-corrected chi connectivity index (χ0v) is 17.2. The molecule has 0 fully saturated rings. The van der Waals surface area contributed by atoms with E-state index >= 15 is 0 Å². The van der Waals surface area contributed by atoms with Crippen molar-refractivity contribution in [2.45, 2.75) is 18.4 Å². The molecule has 0 bridgehead atoms. The van der Waals surface area contributed by atoms with Crippen LogP contribution in [0, 0.1) is 22.9 Å². The number of para-hydroxylation sites is 1. The zero-order valence-electron chi connectivity index (χ0n) is 15.6. The van der Waals surface area contributed by atoms with Crippen LogP contribution in [0.15, 0.2) is 59.6 Å². The summed E-state index contributed by atoms with van der Waals surface area (Å²) in [7, 11) is -4.08. The van der Waals surface area contributed by atoms with Crippen LogP contribution in [-0.4, -0.2) is 22.7 Å². The average Bonchev–Trinajstić information content (AvgIpc) is 3.26. The molecule has 0 aliphatic carbocycles. The van der Waals surface area contributed by atoms with Crippen molar-refractivity contribution in [1.82, 2.24) is 14.1 Å². The summed E-state index contributed by atoms with van der Waals surface area (Å²) >= 11 is 1.31. The van der Waals surface area contributed by atoms with Gasteiger partial charge >= 0.3 is 0 Å². The van der Waals surface area contributed by atoms with Gasteiger partial charge in [-0.1, -0.05) is 23.5 Å². The molecule has 154 valence electrons. The topological polar surface area (TPSA) is 107 Å². The Bertz CT molecular complexity index is 1360. The number of nitrogens with one attached hydrogen (secondary N) is 1. The molecule has 0 saturated carbocycles. The second-order valence-corrected chi connectivity index (χ2v) is 9.24. The number of aryl methyl sites for hydroxylation is 1.